The molecule has 0 aliphatic heterocycles. The number of carboxylic acids is 1. The lowest BCUT2D eigenvalue weighted by atomic mass is 10.0. The van der Waals surface area contributed by atoms with Gasteiger partial charge in [0, 0.05) is 10.5 Å². The highest BCUT2D eigenvalue weighted by molar-refractivity contribution is 7.98. The average molecular weight is 256 g/mol. The van der Waals surface area contributed by atoms with E-state index in [1.807, 2.05) is 13.2 Å². The summed E-state index contributed by atoms with van der Waals surface area (Å²) < 4.78 is 5.13. The van der Waals surface area contributed by atoms with Crippen LogP contribution in [-0.4, -0.2) is 29.5 Å². The Bertz CT molecular complexity index is 417. The van der Waals surface area contributed by atoms with Crippen molar-refractivity contribution in [2.24, 2.45) is 0 Å². The van der Waals surface area contributed by atoms with Crippen LogP contribution in [0.3, 0.4) is 0 Å². The first-order chi connectivity index (χ1) is 8.04. The molecule has 0 aliphatic carbocycles. The predicted octanol–water partition coefficient (Wildman–Crippen LogP) is 2.10. The first kappa shape index (κ1) is 13.9. The van der Waals surface area contributed by atoms with Crippen molar-refractivity contribution >= 4 is 17.7 Å². The zero-order valence-corrected chi connectivity index (χ0v) is 10.9. The number of hydrogen-bond donors (Lipinski definition) is 2. The van der Waals surface area contributed by atoms with Crippen LogP contribution in [0.1, 0.15) is 24.2 Å². The van der Waals surface area contributed by atoms with Gasteiger partial charge in [0.2, 0.25) is 0 Å². The van der Waals surface area contributed by atoms with E-state index < -0.39 is 12.1 Å². The number of aliphatic hydroxyl groups excluding tert-OH is 1. The first-order valence-electron chi connectivity index (χ1n) is 5.20. The Morgan fingerprint density at radius 2 is 2.18 bits per heavy atom. The van der Waals surface area contributed by atoms with Gasteiger partial charge in [-0.3, -0.25) is 0 Å². The molecule has 0 saturated heterocycles. The van der Waals surface area contributed by atoms with Crippen molar-refractivity contribution in [2.45, 2.75) is 24.3 Å². The van der Waals surface area contributed by atoms with Gasteiger partial charge in [-0.05, 0) is 30.4 Å². The van der Waals surface area contributed by atoms with E-state index in [1.165, 1.54) is 18.9 Å². The summed E-state index contributed by atoms with van der Waals surface area (Å²) in [6, 6.07) is 3.47. The number of hydrogen-bond acceptors (Lipinski definition) is 4. The third-order valence-corrected chi connectivity index (χ3v) is 3.36. The van der Waals surface area contributed by atoms with E-state index in [-0.39, 0.29) is 0 Å². The van der Waals surface area contributed by atoms with E-state index >= 15 is 0 Å². The summed E-state index contributed by atoms with van der Waals surface area (Å²) in [6.07, 6.45) is 1.19. The van der Waals surface area contributed by atoms with Crippen LogP contribution in [0.5, 0.6) is 5.75 Å². The summed E-state index contributed by atoms with van der Waals surface area (Å²) in [7, 11) is 1.46. The lowest BCUT2D eigenvalue weighted by molar-refractivity contribution is -0.147. The standard InChI is InChI=1S/C12H16O4S/c1-4-7-5-9(16-2)8(6-10(7)17-3)11(13)12(14)15/h5-6,11,13H,4H2,1-3H3,(H,14,15). The molecular weight excluding hydrogens is 240 g/mol. The maximum Gasteiger partial charge on any atom is 0.337 e. The smallest absolute Gasteiger partial charge is 0.337 e. The summed E-state index contributed by atoms with van der Waals surface area (Å²) in [6.45, 7) is 2.02. The number of carboxylic acid groups (broad SMARTS) is 1. The minimum absolute atomic E-state index is 0.293. The molecule has 0 amide bonds. The van der Waals surface area contributed by atoms with Gasteiger partial charge < -0.3 is 14.9 Å². The number of methoxy groups -OCH3 is 1. The quantitative estimate of drug-likeness (QED) is 0.790. The molecule has 0 heterocycles. The van der Waals surface area contributed by atoms with Gasteiger partial charge in [0.1, 0.15) is 5.75 Å². The Morgan fingerprint density at radius 1 is 1.53 bits per heavy atom. The van der Waals surface area contributed by atoms with Gasteiger partial charge >= 0.3 is 5.97 Å². The average Bonchev–Trinajstić information content (AvgIpc) is 2.35. The fourth-order valence-electron chi connectivity index (χ4n) is 1.61. The minimum atomic E-state index is -1.55. The van der Waals surface area contributed by atoms with Crippen LogP contribution in [-0.2, 0) is 11.2 Å². The second-order valence-corrected chi connectivity index (χ2v) is 4.35. The molecule has 0 bridgehead atoms. The van der Waals surface area contributed by atoms with E-state index in [0.29, 0.717) is 11.3 Å². The molecule has 1 rings (SSSR count). The Kier molecular flexibility index (Phi) is 4.84. The van der Waals surface area contributed by atoms with Crippen LogP contribution in [0, 0.1) is 0 Å². The Hall–Kier alpha value is -1.20. The summed E-state index contributed by atoms with van der Waals surface area (Å²) in [5, 5.41) is 18.4. The summed E-state index contributed by atoms with van der Waals surface area (Å²) in [5.41, 5.74) is 1.37. The molecule has 2 N–H and O–H groups in total. The Labute approximate surface area is 105 Å². The van der Waals surface area contributed by atoms with Gasteiger partial charge in [0.15, 0.2) is 6.10 Å². The van der Waals surface area contributed by atoms with E-state index in [0.717, 1.165) is 16.9 Å². The number of aryl methyl sites for hydroxylation is 1. The number of aliphatic carboxylic acids is 1. The number of aliphatic hydroxyl groups is 1. The van der Waals surface area contributed by atoms with E-state index in [2.05, 4.69) is 0 Å². The third kappa shape index (κ3) is 2.92. The molecule has 0 spiro atoms. The highest BCUT2D eigenvalue weighted by atomic mass is 32.2. The molecule has 0 aromatic heterocycles. The third-order valence-electron chi connectivity index (χ3n) is 2.54. The van der Waals surface area contributed by atoms with Crippen LogP contribution in [0.25, 0.3) is 0 Å². The molecule has 1 unspecified atom stereocenters. The van der Waals surface area contributed by atoms with Crippen LogP contribution in [0.4, 0.5) is 0 Å². The van der Waals surface area contributed by atoms with Crippen molar-refractivity contribution in [1.29, 1.82) is 0 Å². The number of benzene rings is 1. The summed E-state index contributed by atoms with van der Waals surface area (Å²) in [5.74, 6) is -0.867. The number of ether oxygens (including phenoxy) is 1. The number of thioether (sulfide) groups is 1. The monoisotopic (exact) mass is 256 g/mol. The van der Waals surface area contributed by atoms with Gasteiger partial charge in [-0.25, -0.2) is 4.79 Å². The fraction of sp³-hybridized carbons (Fsp3) is 0.417. The zero-order valence-electron chi connectivity index (χ0n) is 10.1. The number of rotatable bonds is 5. The molecule has 0 aliphatic rings. The predicted molar refractivity (Wildman–Crippen MR) is 66.7 cm³/mol. The van der Waals surface area contributed by atoms with Crippen molar-refractivity contribution in [3.05, 3.63) is 23.3 Å². The molecule has 0 radical (unpaired) electrons. The van der Waals surface area contributed by atoms with Gasteiger partial charge in [-0.1, -0.05) is 6.92 Å². The highest BCUT2D eigenvalue weighted by Gasteiger charge is 2.22. The molecule has 17 heavy (non-hydrogen) atoms. The molecule has 1 atom stereocenters. The van der Waals surface area contributed by atoms with Gasteiger partial charge in [-0.15, -0.1) is 11.8 Å². The van der Waals surface area contributed by atoms with Crippen LogP contribution in [0.15, 0.2) is 17.0 Å². The summed E-state index contributed by atoms with van der Waals surface area (Å²) in [4.78, 5) is 11.8. The molecular formula is C12H16O4S. The lowest BCUT2D eigenvalue weighted by Crippen LogP contribution is -2.12. The zero-order chi connectivity index (χ0) is 13.0. The van der Waals surface area contributed by atoms with E-state index in [4.69, 9.17) is 9.84 Å². The minimum Gasteiger partial charge on any atom is -0.496 e. The van der Waals surface area contributed by atoms with Crippen LogP contribution in [0.2, 0.25) is 0 Å². The maximum atomic E-state index is 10.8. The van der Waals surface area contributed by atoms with Gasteiger partial charge in [0.05, 0.1) is 7.11 Å². The van der Waals surface area contributed by atoms with Gasteiger partial charge in [-0.2, -0.15) is 0 Å². The maximum absolute atomic E-state index is 10.8. The van der Waals surface area contributed by atoms with E-state index in [9.17, 15) is 9.90 Å². The molecule has 94 valence electrons. The van der Waals surface area contributed by atoms with Crippen molar-refractivity contribution in [3.8, 4) is 5.75 Å². The Balaban J connectivity index is 3.33. The normalized spacial score (nSPS) is 12.2. The Morgan fingerprint density at radius 3 is 2.59 bits per heavy atom. The molecule has 0 fully saturated rings. The van der Waals surface area contributed by atoms with Crippen molar-refractivity contribution < 1.29 is 19.7 Å². The fourth-order valence-corrected chi connectivity index (χ4v) is 2.32. The molecule has 1 aromatic rings. The highest BCUT2D eigenvalue weighted by Crippen LogP contribution is 2.33. The largest absolute Gasteiger partial charge is 0.496 e. The molecule has 5 heteroatoms. The van der Waals surface area contributed by atoms with Crippen molar-refractivity contribution in [2.75, 3.05) is 13.4 Å². The van der Waals surface area contributed by atoms with Crippen LogP contribution >= 0.6 is 11.8 Å². The summed E-state index contributed by atoms with van der Waals surface area (Å²) >= 11 is 1.52. The molecule has 0 saturated carbocycles. The topological polar surface area (TPSA) is 66.8 Å². The first-order valence-corrected chi connectivity index (χ1v) is 6.43. The number of carbonyl (C=O) groups is 1. The van der Waals surface area contributed by atoms with Crippen LogP contribution < -0.4 is 4.74 Å². The second-order valence-electron chi connectivity index (χ2n) is 3.50. The SMILES string of the molecule is CCc1cc(OC)c(C(O)C(=O)O)cc1SC. The van der Waals surface area contributed by atoms with Crippen molar-refractivity contribution in [1.82, 2.24) is 0 Å². The second kappa shape index (κ2) is 5.93. The van der Waals surface area contributed by atoms with Gasteiger partial charge in [0.25, 0.3) is 0 Å². The van der Waals surface area contributed by atoms with E-state index in [1.54, 1.807) is 12.1 Å². The molecule has 1 aromatic carbocycles. The molecule has 4 nitrogen and oxygen atoms in total. The lowest BCUT2D eigenvalue weighted by Gasteiger charge is -2.15. The van der Waals surface area contributed by atoms with Crippen molar-refractivity contribution in [3.63, 3.8) is 0 Å².